The molecule has 1 heterocycles. The molecular formula is C10H12N2. The van der Waals surface area contributed by atoms with Gasteiger partial charge in [-0.05, 0) is 18.1 Å². The Balaban J connectivity index is 2.53. The molecule has 0 spiro atoms. The number of benzene rings is 1. The summed E-state index contributed by atoms with van der Waals surface area (Å²) in [7, 11) is 2.04. The van der Waals surface area contributed by atoms with E-state index in [0.717, 1.165) is 12.2 Å². The van der Waals surface area contributed by atoms with E-state index in [1.54, 1.807) is 0 Å². The third-order valence-corrected chi connectivity index (χ3v) is 2.13. The monoisotopic (exact) mass is 160 g/mol. The van der Waals surface area contributed by atoms with Crippen LogP contribution in [-0.2, 0) is 6.54 Å². The summed E-state index contributed by atoms with van der Waals surface area (Å²) in [4.78, 5) is 6.46. The van der Waals surface area contributed by atoms with Gasteiger partial charge in [0.2, 0.25) is 0 Å². The third kappa shape index (κ3) is 1.09. The largest absolute Gasteiger partial charge is 0.361 e. The van der Waals surface area contributed by atoms with E-state index in [0.29, 0.717) is 0 Å². The highest BCUT2D eigenvalue weighted by atomic mass is 15.1. The molecule has 0 N–H and O–H groups in total. The van der Waals surface area contributed by atoms with E-state index in [1.807, 2.05) is 13.4 Å². The second kappa shape index (κ2) is 2.63. The van der Waals surface area contributed by atoms with E-state index in [4.69, 9.17) is 0 Å². The zero-order valence-electron chi connectivity index (χ0n) is 7.41. The second-order valence-corrected chi connectivity index (χ2v) is 3.24. The highest BCUT2D eigenvalue weighted by Gasteiger charge is 2.09. The summed E-state index contributed by atoms with van der Waals surface area (Å²) in [5.74, 6) is 0. The zero-order valence-corrected chi connectivity index (χ0v) is 7.41. The number of aliphatic imine (C=N–C) groups is 1. The van der Waals surface area contributed by atoms with Crippen LogP contribution < -0.4 is 0 Å². The summed E-state index contributed by atoms with van der Waals surface area (Å²) < 4.78 is 0. The van der Waals surface area contributed by atoms with Crippen LogP contribution in [0.1, 0.15) is 11.1 Å². The SMILES string of the molecule is Cc1cccc2c1N=CN(C)C2. The summed E-state index contributed by atoms with van der Waals surface area (Å²) in [6.07, 6.45) is 1.88. The van der Waals surface area contributed by atoms with Gasteiger partial charge in [-0.15, -0.1) is 0 Å². The molecule has 62 valence electrons. The van der Waals surface area contributed by atoms with Crippen molar-refractivity contribution in [3.63, 3.8) is 0 Å². The Labute approximate surface area is 72.5 Å². The van der Waals surface area contributed by atoms with Gasteiger partial charge in [0, 0.05) is 13.6 Å². The minimum atomic E-state index is 0.973. The average Bonchev–Trinajstić information content (AvgIpc) is 2.04. The molecule has 2 rings (SSSR count). The Morgan fingerprint density at radius 3 is 3.08 bits per heavy atom. The maximum absolute atomic E-state index is 4.37. The Morgan fingerprint density at radius 1 is 1.42 bits per heavy atom. The molecule has 0 aromatic heterocycles. The molecule has 2 nitrogen and oxygen atoms in total. The Bertz CT molecular complexity index is 329. The van der Waals surface area contributed by atoms with Gasteiger partial charge in [0.1, 0.15) is 0 Å². The fourth-order valence-electron chi connectivity index (χ4n) is 1.50. The van der Waals surface area contributed by atoms with Gasteiger partial charge in [-0.3, -0.25) is 0 Å². The molecule has 0 amide bonds. The number of hydrogen-bond acceptors (Lipinski definition) is 2. The summed E-state index contributed by atoms with van der Waals surface area (Å²) >= 11 is 0. The van der Waals surface area contributed by atoms with Gasteiger partial charge >= 0.3 is 0 Å². The molecule has 0 saturated heterocycles. The van der Waals surface area contributed by atoms with Crippen LogP contribution in [0.25, 0.3) is 0 Å². The van der Waals surface area contributed by atoms with Crippen molar-refractivity contribution in [1.82, 2.24) is 4.90 Å². The standard InChI is InChI=1S/C10H12N2/c1-8-4-3-5-9-6-12(2)7-11-10(8)9/h3-5,7H,6H2,1-2H3. The van der Waals surface area contributed by atoms with Gasteiger partial charge in [0.05, 0.1) is 12.0 Å². The number of rotatable bonds is 0. The van der Waals surface area contributed by atoms with Crippen molar-refractivity contribution in [1.29, 1.82) is 0 Å². The molecule has 0 saturated carbocycles. The molecule has 1 aliphatic rings. The van der Waals surface area contributed by atoms with E-state index in [9.17, 15) is 0 Å². The molecule has 0 atom stereocenters. The van der Waals surface area contributed by atoms with Crippen LogP contribution in [0.2, 0.25) is 0 Å². The van der Waals surface area contributed by atoms with Crippen molar-refractivity contribution in [3.05, 3.63) is 29.3 Å². The normalized spacial score (nSPS) is 14.7. The first-order valence-electron chi connectivity index (χ1n) is 4.10. The van der Waals surface area contributed by atoms with Crippen molar-refractivity contribution in [3.8, 4) is 0 Å². The minimum absolute atomic E-state index is 0.973. The van der Waals surface area contributed by atoms with Crippen LogP contribution in [0.15, 0.2) is 23.2 Å². The van der Waals surface area contributed by atoms with Gasteiger partial charge in [0.25, 0.3) is 0 Å². The van der Waals surface area contributed by atoms with Gasteiger partial charge in [0.15, 0.2) is 0 Å². The summed E-state index contributed by atoms with van der Waals surface area (Å²) in [5.41, 5.74) is 3.73. The van der Waals surface area contributed by atoms with E-state index >= 15 is 0 Å². The lowest BCUT2D eigenvalue weighted by Gasteiger charge is -2.20. The zero-order chi connectivity index (χ0) is 8.55. The molecule has 0 aliphatic carbocycles. The van der Waals surface area contributed by atoms with Crippen LogP contribution in [0, 0.1) is 6.92 Å². The van der Waals surface area contributed by atoms with Gasteiger partial charge < -0.3 is 4.90 Å². The van der Waals surface area contributed by atoms with Crippen molar-refractivity contribution in [2.75, 3.05) is 7.05 Å². The predicted octanol–water partition coefficient (Wildman–Crippen LogP) is 2.10. The first-order chi connectivity index (χ1) is 5.77. The van der Waals surface area contributed by atoms with Crippen molar-refractivity contribution < 1.29 is 0 Å². The summed E-state index contributed by atoms with van der Waals surface area (Å²) in [6, 6.07) is 6.32. The van der Waals surface area contributed by atoms with Crippen molar-refractivity contribution >= 4 is 12.0 Å². The fourth-order valence-corrected chi connectivity index (χ4v) is 1.50. The molecule has 1 aliphatic heterocycles. The molecule has 1 aromatic carbocycles. The molecule has 1 aromatic rings. The van der Waals surface area contributed by atoms with Crippen LogP contribution in [0.3, 0.4) is 0 Å². The number of aryl methyl sites for hydroxylation is 1. The molecule has 0 bridgehead atoms. The van der Waals surface area contributed by atoms with E-state index in [2.05, 4.69) is 35.0 Å². The molecular weight excluding hydrogens is 148 g/mol. The third-order valence-electron chi connectivity index (χ3n) is 2.13. The molecule has 0 radical (unpaired) electrons. The smallest absolute Gasteiger partial charge is 0.0912 e. The quantitative estimate of drug-likeness (QED) is 0.567. The number of fused-ring (bicyclic) bond motifs is 1. The van der Waals surface area contributed by atoms with Crippen LogP contribution >= 0.6 is 0 Å². The lowest BCUT2D eigenvalue weighted by molar-refractivity contribution is 0.509. The molecule has 2 heteroatoms. The Morgan fingerprint density at radius 2 is 2.25 bits per heavy atom. The topological polar surface area (TPSA) is 15.6 Å². The highest BCUT2D eigenvalue weighted by molar-refractivity contribution is 5.68. The number of nitrogens with zero attached hydrogens (tertiary/aromatic N) is 2. The lowest BCUT2D eigenvalue weighted by Crippen LogP contribution is -2.18. The lowest BCUT2D eigenvalue weighted by atomic mass is 10.1. The summed E-state index contributed by atoms with van der Waals surface area (Å²) in [5, 5.41) is 0. The first-order valence-corrected chi connectivity index (χ1v) is 4.10. The van der Waals surface area contributed by atoms with Crippen LogP contribution in [0.5, 0.6) is 0 Å². The van der Waals surface area contributed by atoms with Crippen LogP contribution in [-0.4, -0.2) is 18.3 Å². The van der Waals surface area contributed by atoms with Crippen molar-refractivity contribution in [2.24, 2.45) is 4.99 Å². The minimum Gasteiger partial charge on any atom is -0.361 e. The van der Waals surface area contributed by atoms with E-state index in [1.165, 1.54) is 11.1 Å². The number of para-hydroxylation sites is 1. The molecule has 0 unspecified atom stereocenters. The van der Waals surface area contributed by atoms with E-state index < -0.39 is 0 Å². The first kappa shape index (κ1) is 7.35. The van der Waals surface area contributed by atoms with Gasteiger partial charge in [-0.2, -0.15) is 0 Å². The maximum atomic E-state index is 4.37. The molecule has 12 heavy (non-hydrogen) atoms. The Kier molecular flexibility index (Phi) is 1.61. The van der Waals surface area contributed by atoms with Crippen molar-refractivity contribution in [2.45, 2.75) is 13.5 Å². The average molecular weight is 160 g/mol. The Hall–Kier alpha value is -1.31. The highest BCUT2D eigenvalue weighted by Crippen LogP contribution is 2.26. The number of hydrogen-bond donors (Lipinski definition) is 0. The second-order valence-electron chi connectivity index (χ2n) is 3.24. The fraction of sp³-hybridized carbons (Fsp3) is 0.300. The van der Waals surface area contributed by atoms with E-state index in [-0.39, 0.29) is 0 Å². The van der Waals surface area contributed by atoms with Gasteiger partial charge in [-0.1, -0.05) is 18.2 Å². The van der Waals surface area contributed by atoms with Gasteiger partial charge in [-0.25, -0.2) is 4.99 Å². The molecule has 0 fully saturated rings. The summed E-state index contributed by atoms with van der Waals surface area (Å²) in [6.45, 7) is 3.07. The maximum Gasteiger partial charge on any atom is 0.0912 e. The predicted molar refractivity (Wildman–Crippen MR) is 50.8 cm³/mol. The van der Waals surface area contributed by atoms with Crippen LogP contribution in [0.4, 0.5) is 5.69 Å².